The number of fused-ring (bicyclic) bond motifs is 1. The van der Waals surface area contributed by atoms with E-state index in [-0.39, 0.29) is 11.9 Å². The summed E-state index contributed by atoms with van der Waals surface area (Å²) in [6.07, 6.45) is 5.28. The van der Waals surface area contributed by atoms with Crippen LogP contribution in [0.5, 0.6) is 0 Å². The molecule has 0 spiro atoms. The summed E-state index contributed by atoms with van der Waals surface area (Å²) in [5, 5.41) is 4.10. The van der Waals surface area contributed by atoms with Gasteiger partial charge in [0.25, 0.3) is 5.91 Å². The van der Waals surface area contributed by atoms with Crippen molar-refractivity contribution in [1.82, 2.24) is 15.0 Å². The average molecular weight is 409 g/mol. The first kappa shape index (κ1) is 19.2. The van der Waals surface area contributed by atoms with Gasteiger partial charge in [0.05, 0.1) is 6.04 Å². The van der Waals surface area contributed by atoms with Gasteiger partial charge in [0.2, 0.25) is 0 Å². The number of pyridine rings is 1. The van der Waals surface area contributed by atoms with Crippen molar-refractivity contribution in [3.63, 3.8) is 0 Å². The number of aromatic nitrogens is 2. The van der Waals surface area contributed by atoms with E-state index in [1.54, 1.807) is 18.5 Å². The van der Waals surface area contributed by atoms with E-state index in [1.165, 1.54) is 16.7 Å². The Morgan fingerprint density at radius 2 is 1.94 bits per heavy atom. The predicted octanol–water partition coefficient (Wildman–Crippen LogP) is 5.37. The van der Waals surface area contributed by atoms with Gasteiger partial charge in [0.1, 0.15) is 0 Å². The van der Waals surface area contributed by atoms with Crippen LogP contribution in [0.1, 0.15) is 45.2 Å². The van der Waals surface area contributed by atoms with Gasteiger partial charge in [0.15, 0.2) is 11.5 Å². The molecule has 5 nitrogen and oxygen atoms in total. The first-order chi connectivity index (χ1) is 15.2. The largest absolute Gasteiger partial charge is 0.355 e. The molecule has 0 saturated heterocycles. The Bertz CT molecular complexity index is 1200. The number of hydrogen-bond donors (Lipinski definition) is 0. The monoisotopic (exact) mass is 409 g/mol. The maximum atomic E-state index is 13.6. The Hall–Kier alpha value is -3.73. The summed E-state index contributed by atoms with van der Waals surface area (Å²) >= 11 is 0. The third-order valence-electron chi connectivity index (χ3n) is 5.89. The predicted molar refractivity (Wildman–Crippen MR) is 118 cm³/mol. The highest BCUT2D eigenvalue weighted by Crippen LogP contribution is 2.37. The molecule has 5 rings (SSSR count). The minimum Gasteiger partial charge on any atom is -0.355 e. The fourth-order valence-corrected chi connectivity index (χ4v) is 4.24. The van der Waals surface area contributed by atoms with E-state index in [0.29, 0.717) is 18.0 Å². The van der Waals surface area contributed by atoms with Gasteiger partial charge in [-0.15, -0.1) is 0 Å². The maximum absolute atomic E-state index is 13.6. The van der Waals surface area contributed by atoms with Crippen molar-refractivity contribution in [2.75, 3.05) is 0 Å². The highest BCUT2D eigenvalue weighted by atomic mass is 16.5. The maximum Gasteiger partial charge on any atom is 0.276 e. The normalized spacial score (nSPS) is 14.9. The number of nitrogens with zero attached hydrogens (tertiary/aromatic N) is 3. The van der Waals surface area contributed by atoms with Gasteiger partial charge in [-0.2, -0.15) is 0 Å². The molecule has 31 heavy (non-hydrogen) atoms. The first-order valence-corrected chi connectivity index (χ1v) is 10.5. The topological polar surface area (TPSA) is 59.2 Å². The Morgan fingerprint density at radius 1 is 1.10 bits per heavy atom. The van der Waals surface area contributed by atoms with Crippen molar-refractivity contribution in [3.05, 3.63) is 107 Å². The van der Waals surface area contributed by atoms with Crippen LogP contribution in [-0.4, -0.2) is 20.9 Å². The van der Waals surface area contributed by atoms with Crippen molar-refractivity contribution in [3.8, 4) is 11.3 Å². The highest BCUT2D eigenvalue weighted by molar-refractivity contribution is 5.93. The lowest BCUT2D eigenvalue weighted by molar-refractivity contribution is 0.0647. The second-order valence-electron chi connectivity index (χ2n) is 7.99. The Labute approximate surface area is 181 Å². The van der Waals surface area contributed by atoms with Crippen molar-refractivity contribution >= 4 is 5.91 Å². The van der Waals surface area contributed by atoms with Crippen LogP contribution in [-0.2, 0) is 13.0 Å². The van der Waals surface area contributed by atoms with Crippen LogP contribution in [0.3, 0.4) is 0 Å². The molecule has 0 bridgehead atoms. The molecule has 1 aliphatic rings. The minimum atomic E-state index is -0.124. The molecule has 0 N–H and O–H groups in total. The van der Waals surface area contributed by atoms with Crippen molar-refractivity contribution in [2.45, 2.75) is 32.4 Å². The number of carbonyl (C=O) groups is 1. The number of amides is 1. The van der Waals surface area contributed by atoms with Gasteiger partial charge >= 0.3 is 0 Å². The summed E-state index contributed by atoms with van der Waals surface area (Å²) in [5.41, 5.74) is 5.94. The molecule has 154 valence electrons. The van der Waals surface area contributed by atoms with Crippen LogP contribution in [0, 0.1) is 6.92 Å². The van der Waals surface area contributed by atoms with Gasteiger partial charge in [0, 0.05) is 30.6 Å². The molecule has 2 aromatic heterocycles. The molecule has 2 aromatic carbocycles. The van der Waals surface area contributed by atoms with Gasteiger partial charge in [-0.1, -0.05) is 59.3 Å². The van der Waals surface area contributed by atoms with E-state index in [4.69, 9.17) is 4.52 Å². The molecule has 0 fully saturated rings. The Morgan fingerprint density at radius 3 is 2.74 bits per heavy atom. The van der Waals surface area contributed by atoms with E-state index in [0.717, 1.165) is 24.0 Å². The number of benzene rings is 2. The summed E-state index contributed by atoms with van der Waals surface area (Å²) in [5.74, 6) is 0.416. The number of carbonyl (C=O) groups excluding carboxylic acids is 1. The van der Waals surface area contributed by atoms with E-state index >= 15 is 0 Å². The van der Waals surface area contributed by atoms with Gasteiger partial charge in [-0.25, -0.2) is 0 Å². The molecule has 1 amide bonds. The van der Waals surface area contributed by atoms with Crippen LogP contribution < -0.4 is 0 Å². The number of aryl methyl sites for hydroxylation is 2. The van der Waals surface area contributed by atoms with Crippen molar-refractivity contribution in [1.29, 1.82) is 0 Å². The smallest absolute Gasteiger partial charge is 0.276 e. The lowest BCUT2D eigenvalue weighted by Crippen LogP contribution is -2.33. The lowest BCUT2D eigenvalue weighted by atomic mass is 10.0. The molecule has 2 heterocycles. The second-order valence-corrected chi connectivity index (χ2v) is 7.99. The SMILES string of the molecule is Cc1ccc(CN(C(=O)c2cc(-c3cccnc3)on2)C2CCc3ccccc32)cc1. The summed E-state index contributed by atoms with van der Waals surface area (Å²) in [6.45, 7) is 2.59. The number of hydrogen-bond acceptors (Lipinski definition) is 4. The fraction of sp³-hybridized carbons (Fsp3) is 0.192. The van der Waals surface area contributed by atoms with Crippen molar-refractivity contribution < 1.29 is 9.32 Å². The zero-order chi connectivity index (χ0) is 21.2. The molecule has 0 saturated carbocycles. The van der Waals surface area contributed by atoms with Crippen LogP contribution in [0.15, 0.2) is 83.6 Å². The lowest BCUT2D eigenvalue weighted by Gasteiger charge is -2.29. The van der Waals surface area contributed by atoms with Crippen LogP contribution in [0.2, 0.25) is 0 Å². The molecule has 0 aliphatic heterocycles. The molecule has 1 unspecified atom stereocenters. The third-order valence-corrected chi connectivity index (χ3v) is 5.89. The van der Waals surface area contributed by atoms with E-state index < -0.39 is 0 Å². The molecular weight excluding hydrogens is 386 g/mol. The van der Waals surface area contributed by atoms with Gasteiger partial charge < -0.3 is 9.42 Å². The zero-order valence-electron chi connectivity index (χ0n) is 17.4. The summed E-state index contributed by atoms with van der Waals surface area (Å²) in [7, 11) is 0. The molecular formula is C26H23N3O2. The zero-order valence-corrected chi connectivity index (χ0v) is 17.4. The summed E-state index contributed by atoms with van der Waals surface area (Å²) in [4.78, 5) is 19.7. The number of rotatable bonds is 5. The van der Waals surface area contributed by atoms with Crippen LogP contribution in [0.25, 0.3) is 11.3 Å². The quantitative estimate of drug-likeness (QED) is 0.444. The minimum absolute atomic E-state index is 0.0172. The first-order valence-electron chi connectivity index (χ1n) is 10.5. The average Bonchev–Trinajstić information content (AvgIpc) is 3.47. The van der Waals surface area contributed by atoms with E-state index in [1.807, 2.05) is 23.1 Å². The second kappa shape index (κ2) is 8.19. The Balaban J connectivity index is 1.49. The molecule has 1 atom stereocenters. The highest BCUT2D eigenvalue weighted by Gasteiger charge is 2.33. The Kier molecular flexibility index (Phi) is 5.08. The molecule has 0 radical (unpaired) electrons. The fourth-order valence-electron chi connectivity index (χ4n) is 4.24. The summed E-state index contributed by atoms with van der Waals surface area (Å²) in [6, 6.07) is 22.2. The van der Waals surface area contributed by atoms with Crippen LogP contribution >= 0.6 is 0 Å². The van der Waals surface area contributed by atoms with E-state index in [9.17, 15) is 4.79 Å². The van der Waals surface area contributed by atoms with Gasteiger partial charge in [-0.05, 0) is 48.6 Å². The van der Waals surface area contributed by atoms with Gasteiger partial charge in [-0.3, -0.25) is 9.78 Å². The van der Waals surface area contributed by atoms with Crippen LogP contribution in [0.4, 0.5) is 0 Å². The third kappa shape index (κ3) is 3.87. The molecule has 5 heteroatoms. The summed E-state index contributed by atoms with van der Waals surface area (Å²) < 4.78 is 5.48. The van der Waals surface area contributed by atoms with Crippen molar-refractivity contribution in [2.24, 2.45) is 0 Å². The molecule has 1 aliphatic carbocycles. The molecule has 4 aromatic rings. The van der Waals surface area contributed by atoms with E-state index in [2.05, 4.69) is 59.5 Å². The standard InChI is InChI=1S/C26H23N3O2/c1-18-8-10-19(11-9-18)17-29(24-13-12-20-5-2-3-7-22(20)24)26(30)23-15-25(31-28-23)21-6-4-14-27-16-21/h2-11,14-16,24H,12-13,17H2,1H3.